The number of aromatic nitrogens is 1. The summed E-state index contributed by atoms with van der Waals surface area (Å²) in [4.78, 5) is 11.8. The van der Waals surface area contributed by atoms with Gasteiger partial charge < -0.3 is 4.57 Å². The third kappa shape index (κ3) is 2.53. The van der Waals surface area contributed by atoms with Gasteiger partial charge in [0, 0.05) is 23.8 Å². The van der Waals surface area contributed by atoms with E-state index < -0.39 is 0 Å². The van der Waals surface area contributed by atoms with Gasteiger partial charge in [-0.05, 0) is 41.6 Å². The minimum absolute atomic E-state index is 0.266. The van der Waals surface area contributed by atoms with Gasteiger partial charge in [0.15, 0.2) is 0 Å². The number of amides is 1. The Hall–Kier alpha value is -2.59. The summed E-state index contributed by atoms with van der Waals surface area (Å²) in [6.45, 7) is 2.71. The Bertz CT molecular complexity index is 805. The fraction of sp³-hybridized carbons (Fsp3) is 0.118. The van der Waals surface area contributed by atoms with Crippen molar-refractivity contribution in [2.75, 3.05) is 0 Å². The monoisotopic (exact) mass is 279 g/mol. The molecular weight excluding hydrogens is 262 g/mol. The molecule has 106 valence electrons. The van der Waals surface area contributed by atoms with Crippen LogP contribution in [0.5, 0.6) is 0 Å². The summed E-state index contributed by atoms with van der Waals surface area (Å²) < 4.78 is 2.14. The summed E-state index contributed by atoms with van der Waals surface area (Å²) in [6, 6.07) is 16.0. The van der Waals surface area contributed by atoms with E-state index in [4.69, 9.17) is 5.84 Å². The first-order valence-electron chi connectivity index (χ1n) is 6.83. The van der Waals surface area contributed by atoms with Crippen molar-refractivity contribution in [1.29, 1.82) is 0 Å². The number of benzene rings is 2. The predicted octanol–water partition coefficient (Wildman–Crippen LogP) is 2.60. The molecule has 3 rings (SSSR count). The second kappa shape index (κ2) is 5.42. The molecule has 21 heavy (non-hydrogen) atoms. The standard InChI is InChI=1S/C17H17N3O/c1-12-6-7-13-8-9-20(16(13)10-12)11-14-4-2-3-5-15(14)17(21)19-18/h2-10H,11,18H2,1H3,(H,19,21). The van der Waals surface area contributed by atoms with E-state index in [1.54, 1.807) is 6.07 Å². The van der Waals surface area contributed by atoms with Gasteiger partial charge in [-0.1, -0.05) is 30.3 Å². The topological polar surface area (TPSA) is 60.0 Å². The highest BCUT2D eigenvalue weighted by Gasteiger charge is 2.10. The Labute approximate surface area is 123 Å². The highest BCUT2D eigenvalue weighted by Crippen LogP contribution is 2.20. The fourth-order valence-corrected chi connectivity index (χ4v) is 2.57. The first-order chi connectivity index (χ1) is 10.2. The molecule has 1 heterocycles. The summed E-state index contributed by atoms with van der Waals surface area (Å²) in [5.41, 5.74) is 6.13. The van der Waals surface area contributed by atoms with Crippen molar-refractivity contribution in [2.45, 2.75) is 13.5 Å². The van der Waals surface area contributed by atoms with Gasteiger partial charge in [-0.2, -0.15) is 0 Å². The maximum absolute atomic E-state index is 11.8. The van der Waals surface area contributed by atoms with Gasteiger partial charge in [-0.15, -0.1) is 0 Å². The van der Waals surface area contributed by atoms with Crippen molar-refractivity contribution >= 4 is 16.8 Å². The van der Waals surface area contributed by atoms with Crippen LogP contribution in [0.15, 0.2) is 54.7 Å². The third-order valence-corrected chi connectivity index (χ3v) is 3.66. The highest BCUT2D eigenvalue weighted by atomic mass is 16.2. The molecule has 0 fully saturated rings. The van der Waals surface area contributed by atoms with Gasteiger partial charge in [-0.25, -0.2) is 5.84 Å². The van der Waals surface area contributed by atoms with Crippen LogP contribution in [0.25, 0.3) is 10.9 Å². The molecule has 4 nitrogen and oxygen atoms in total. The zero-order valence-corrected chi connectivity index (χ0v) is 11.8. The number of hydrogen-bond donors (Lipinski definition) is 2. The molecule has 0 radical (unpaired) electrons. The minimum atomic E-state index is -0.266. The molecule has 0 saturated carbocycles. The number of aryl methyl sites for hydroxylation is 1. The van der Waals surface area contributed by atoms with E-state index in [0.29, 0.717) is 12.1 Å². The molecule has 0 unspecified atom stereocenters. The van der Waals surface area contributed by atoms with E-state index in [0.717, 1.165) is 11.1 Å². The lowest BCUT2D eigenvalue weighted by Gasteiger charge is -2.10. The van der Waals surface area contributed by atoms with Crippen LogP contribution in [0.2, 0.25) is 0 Å². The number of nitrogens with zero attached hydrogens (tertiary/aromatic N) is 1. The lowest BCUT2D eigenvalue weighted by Crippen LogP contribution is -2.31. The molecule has 4 heteroatoms. The molecule has 0 aliphatic rings. The quantitative estimate of drug-likeness (QED) is 0.440. The van der Waals surface area contributed by atoms with Crippen LogP contribution < -0.4 is 11.3 Å². The Kier molecular flexibility index (Phi) is 3.46. The SMILES string of the molecule is Cc1ccc2ccn(Cc3ccccc3C(=O)NN)c2c1. The molecule has 0 bridgehead atoms. The van der Waals surface area contributed by atoms with E-state index >= 15 is 0 Å². The van der Waals surface area contributed by atoms with Crippen molar-refractivity contribution in [3.63, 3.8) is 0 Å². The molecule has 0 atom stereocenters. The van der Waals surface area contributed by atoms with Crippen LogP contribution in [0, 0.1) is 6.92 Å². The number of nitrogen functional groups attached to an aromatic ring is 1. The molecule has 2 aromatic carbocycles. The first kappa shape index (κ1) is 13.4. The van der Waals surface area contributed by atoms with Gasteiger partial charge >= 0.3 is 0 Å². The number of nitrogens with two attached hydrogens (primary N) is 1. The average molecular weight is 279 g/mol. The highest BCUT2D eigenvalue weighted by molar-refractivity contribution is 5.95. The lowest BCUT2D eigenvalue weighted by molar-refractivity contribution is 0.0952. The van der Waals surface area contributed by atoms with Crippen LogP contribution in [0.3, 0.4) is 0 Å². The molecule has 1 aromatic heterocycles. The Morgan fingerprint density at radius 2 is 2.00 bits per heavy atom. The second-order valence-corrected chi connectivity index (χ2v) is 5.14. The van der Waals surface area contributed by atoms with Gasteiger partial charge in [-0.3, -0.25) is 10.2 Å². The Balaban J connectivity index is 2.03. The number of carbonyl (C=O) groups excluding carboxylic acids is 1. The van der Waals surface area contributed by atoms with Crippen molar-refractivity contribution in [3.8, 4) is 0 Å². The van der Waals surface area contributed by atoms with Gasteiger partial charge in [0.2, 0.25) is 0 Å². The summed E-state index contributed by atoms with van der Waals surface area (Å²) >= 11 is 0. The van der Waals surface area contributed by atoms with Crippen molar-refractivity contribution < 1.29 is 4.79 Å². The number of carbonyl (C=O) groups is 1. The third-order valence-electron chi connectivity index (χ3n) is 3.66. The number of hydrazine groups is 1. The van der Waals surface area contributed by atoms with E-state index in [1.165, 1.54) is 10.9 Å². The van der Waals surface area contributed by atoms with Gasteiger partial charge in [0.1, 0.15) is 0 Å². The number of nitrogens with one attached hydrogen (secondary N) is 1. The van der Waals surface area contributed by atoms with E-state index in [1.807, 2.05) is 24.4 Å². The van der Waals surface area contributed by atoms with Crippen molar-refractivity contribution in [3.05, 3.63) is 71.4 Å². The molecule has 3 N–H and O–H groups in total. The van der Waals surface area contributed by atoms with Crippen LogP contribution in [-0.4, -0.2) is 10.5 Å². The molecular formula is C17H17N3O. The minimum Gasteiger partial charge on any atom is -0.343 e. The number of hydrogen-bond acceptors (Lipinski definition) is 2. The molecule has 0 aliphatic heterocycles. The van der Waals surface area contributed by atoms with Crippen LogP contribution >= 0.6 is 0 Å². The largest absolute Gasteiger partial charge is 0.343 e. The van der Waals surface area contributed by atoms with E-state index in [-0.39, 0.29) is 5.91 Å². The second-order valence-electron chi connectivity index (χ2n) is 5.14. The van der Waals surface area contributed by atoms with Crippen LogP contribution in [0.4, 0.5) is 0 Å². The Morgan fingerprint density at radius 3 is 2.81 bits per heavy atom. The predicted molar refractivity (Wildman–Crippen MR) is 83.9 cm³/mol. The summed E-state index contributed by atoms with van der Waals surface area (Å²) in [7, 11) is 0. The maximum Gasteiger partial charge on any atom is 0.265 e. The zero-order chi connectivity index (χ0) is 14.8. The normalized spacial score (nSPS) is 10.8. The fourth-order valence-electron chi connectivity index (χ4n) is 2.57. The summed E-state index contributed by atoms with van der Waals surface area (Å²) in [5.74, 6) is 4.98. The molecule has 0 spiro atoms. The molecule has 3 aromatic rings. The Morgan fingerprint density at radius 1 is 1.19 bits per heavy atom. The van der Waals surface area contributed by atoms with Crippen molar-refractivity contribution in [2.24, 2.45) is 5.84 Å². The van der Waals surface area contributed by atoms with Crippen molar-refractivity contribution in [1.82, 2.24) is 9.99 Å². The lowest BCUT2D eigenvalue weighted by atomic mass is 10.1. The maximum atomic E-state index is 11.8. The molecule has 1 amide bonds. The van der Waals surface area contributed by atoms with E-state index in [2.05, 4.69) is 41.2 Å². The number of fused-ring (bicyclic) bond motifs is 1. The zero-order valence-electron chi connectivity index (χ0n) is 11.8. The average Bonchev–Trinajstić information content (AvgIpc) is 2.89. The first-order valence-corrected chi connectivity index (χ1v) is 6.83. The van der Waals surface area contributed by atoms with Crippen LogP contribution in [0.1, 0.15) is 21.5 Å². The summed E-state index contributed by atoms with van der Waals surface area (Å²) in [5, 5.41) is 1.20. The summed E-state index contributed by atoms with van der Waals surface area (Å²) in [6.07, 6.45) is 2.04. The smallest absolute Gasteiger partial charge is 0.265 e. The molecule has 0 saturated heterocycles. The number of rotatable bonds is 3. The van der Waals surface area contributed by atoms with Gasteiger partial charge in [0.05, 0.1) is 0 Å². The van der Waals surface area contributed by atoms with Gasteiger partial charge in [0.25, 0.3) is 5.91 Å². The van der Waals surface area contributed by atoms with E-state index in [9.17, 15) is 4.79 Å². The molecule has 0 aliphatic carbocycles. The van der Waals surface area contributed by atoms with Crippen LogP contribution in [-0.2, 0) is 6.54 Å².